The van der Waals surface area contributed by atoms with Crippen LogP contribution in [0.15, 0.2) is 18.2 Å². The van der Waals surface area contributed by atoms with E-state index in [1.807, 2.05) is 0 Å². The summed E-state index contributed by atoms with van der Waals surface area (Å²) in [6.45, 7) is 0.760. The van der Waals surface area contributed by atoms with Crippen LogP contribution >= 0.6 is 11.6 Å². The topological polar surface area (TPSA) is 84.7 Å². The molecule has 0 spiro atoms. The quantitative estimate of drug-likeness (QED) is 0.600. The number of likely N-dealkylation sites (N-methyl/N-ethyl adjacent to an activating group) is 1. The maximum atomic E-state index is 12.2. The highest BCUT2D eigenvalue weighted by atomic mass is 35.5. The molecule has 0 atom stereocenters. The zero-order valence-corrected chi connectivity index (χ0v) is 12.2. The van der Waals surface area contributed by atoms with Crippen molar-refractivity contribution in [2.24, 2.45) is 0 Å². The molecule has 0 aliphatic heterocycles. The van der Waals surface area contributed by atoms with Crippen molar-refractivity contribution in [1.29, 1.82) is 0 Å². The predicted molar refractivity (Wildman–Crippen MR) is 77.7 cm³/mol. The fourth-order valence-electron chi connectivity index (χ4n) is 1.56. The smallest absolute Gasteiger partial charge is 0.256 e. The molecule has 1 aromatic carbocycles. The van der Waals surface area contributed by atoms with Gasteiger partial charge in [-0.15, -0.1) is 0 Å². The molecule has 0 aromatic heterocycles. The van der Waals surface area contributed by atoms with Gasteiger partial charge >= 0.3 is 0 Å². The molecule has 1 aromatic rings. The number of halogens is 1. The van der Waals surface area contributed by atoms with Gasteiger partial charge in [0, 0.05) is 20.7 Å². The third kappa shape index (κ3) is 4.40. The Bertz CT molecular complexity index is 494. The van der Waals surface area contributed by atoms with Crippen molar-refractivity contribution >= 4 is 29.1 Å². The molecule has 0 radical (unpaired) electrons. The van der Waals surface area contributed by atoms with E-state index in [0.29, 0.717) is 18.2 Å². The van der Waals surface area contributed by atoms with E-state index in [2.05, 4.69) is 5.32 Å². The molecular weight excluding hydrogens is 282 g/mol. The normalized spacial score (nSPS) is 10.2. The number of rotatable bonds is 6. The van der Waals surface area contributed by atoms with E-state index in [4.69, 9.17) is 22.1 Å². The summed E-state index contributed by atoms with van der Waals surface area (Å²) in [5, 5.41) is 2.95. The van der Waals surface area contributed by atoms with Gasteiger partial charge in [0.15, 0.2) is 0 Å². The minimum absolute atomic E-state index is 0.0610. The number of para-hydroxylation sites is 1. The minimum atomic E-state index is -0.355. The first kappa shape index (κ1) is 16.3. The van der Waals surface area contributed by atoms with Crippen LogP contribution in [0.2, 0.25) is 5.02 Å². The zero-order chi connectivity index (χ0) is 15.1. The molecule has 20 heavy (non-hydrogen) atoms. The number of benzene rings is 1. The fraction of sp³-hybridized carbons (Fsp3) is 0.385. The van der Waals surface area contributed by atoms with Crippen LogP contribution in [0.5, 0.6) is 0 Å². The molecule has 0 heterocycles. The molecule has 0 aliphatic carbocycles. The van der Waals surface area contributed by atoms with Crippen molar-refractivity contribution in [2.45, 2.75) is 0 Å². The molecule has 0 aliphatic rings. The van der Waals surface area contributed by atoms with Crippen LogP contribution < -0.4 is 11.1 Å². The third-order valence-corrected chi connectivity index (χ3v) is 2.97. The molecule has 3 N–H and O–H groups in total. The number of nitrogens with zero attached hydrogens (tertiary/aromatic N) is 1. The van der Waals surface area contributed by atoms with Crippen molar-refractivity contribution < 1.29 is 14.3 Å². The number of nitrogens with one attached hydrogen (secondary N) is 1. The largest absolute Gasteiger partial charge is 0.397 e. The maximum absolute atomic E-state index is 12.2. The second-order valence-electron chi connectivity index (χ2n) is 4.21. The van der Waals surface area contributed by atoms with Crippen LogP contribution in [-0.4, -0.2) is 50.6 Å². The van der Waals surface area contributed by atoms with Crippen molar-refractivity contribution in [1.82, 2.24) is 10.2 Å². The number of hydrogen-bond donors (Lipinski definition) is 2. The van der Waals surface area contributed by atoms with Gasteiger partial charge in [0.2, 0.25) is 5.91 Å². The van der Waals surface area contributed by atoms with E-state index in [1.165, 1.54) is 11.9 Å². The Labute approximate surface area is 122 Å². The Morgan fingerprint density at radius 3 is 2.80 bits per heavy atom. The van der Waals surface area contributed by atoms with Gasteiger partial charge in [0.25, 0.3) is 5.91 Å². The second-order valence-corrected chi connectivity index (χ2v) is 4.61. The van der Waals surface area contributed by atoms with E-state index in [1.54, 1.807) is 25.3 Å². The molecular formula is C13H18ClN3O3. The molecule has 0 saturated heterocycles. The maximum Gasteiger partial charge on any atom is 0.256 e. The lowest BCUT2D eigenvalue weighted by Gasteiger charge is -2.18. The molecule has 7 heteroatoms. The van der Waals surface area contributed by atoms with Gasteiger partial charge in [-0.3, -0.25) is 9.59 Å². The number of carbonyl (C=O) groups excluding carboxylic acids is 2. The predicted octanol–water partition coefficient (Wildman–Crippen LogP) is 0.757. The van der Waals surface area contributed by atoms with Crippen molar-refractivity contribution in [3.63, 3.8) is 0 Å². The summed E-state index contributed by atoms with van der Waals surface area (Å²) in [6, 6.07) is 4.81. The van der Waals surface area contributed by atoms with Crippen molar-refractivity contribution in [2.75, 3.05) is 39.6 Å². The van der Waals surface area contributed by atoms with Gasteiger partial charge in [0.05, 0.1) is 29.4 Å². The molecule has 0 unspecified atom stereocenters. The summed E-state index contributed by atoms with van der Waals surface area (Å²) >= 11 is 5.86. The van der Waals surface area contributed by atoms with Crippen molar-refractivity contribution in [3.8, 4) is 0 Å². The highest BCUT2D eigenvalue weighted by molar-refractivity contribution is 6.33. The molecule has 0 fully saturated rings. The fourth-order valence-corrected chi connectivity index (χ4v) is 1.74. The van der Waals surface area contributed by atoms with Gasteiger partial charge in [0.1, 0.15) is 0 Å². The highest BCUT2D eigenvalue weighted by Gasteiger charge is 2.18. The number of carbonyl (C=O) groups is 2. The van der Waals surface area contributed by atoms with Crippen LogP contribution in [0.3, 0.4) is 0 Å². The summed E-state index contributed by atoms with van der Waals surface area (Å²) < 4.78 is 4.82. The first-order valence-electron chi connectivity index (χ1n) is 6.02. The summed E-state index contributed by atoms with van der Waals surface area (Å²) in [6.07, 6.45) is 0. The molecule has 0 saturated carbocycles. The van der Waals surface area contributed by atoms with E-state index >= 15 is 0 Å². The molecule has 6 nitrogen and oxygen atoms in total. The van der Waals surface area contributed by atoms with Crippen LogP contribution in [0.4, 0.5) is 5.69 Å². The summed E-state index contributed by atoms with van der Waals surface area (Å²) in [7, 11) is 3.07. The first-order chi connectivity index (χ1) is 9.47. The van der Waals surface area contributed by atoms with Gasteiger partial charge in [-0.25, -0.2) is 0 Å². The van der Waals surface area contributed by atoms with Crippen LogP contribution in [0, 0.1) is 0 Å². The van der Waals surface area contributed by atoms with Crippen LogP contribution in [0.25, 0.3) is 0 Å². The van der Waals surface area contributed by atoms with Crippen LogP contribution in [-0.2, 0) is 9.53 Å². The SMILES string of the molecule is COCCNC(=O)CN(C)C(=O)c1cccc(Cl)c1N. The average molecular weight is 300 g/mol. The number of hydrogen-bond acceptors (Lipinski definition) is 4. The molecule has 0 bridgehead atoms. The zero-order valence-electron chi connectivity index (χ0n) is 11.5. The average Bonchev–Trinajstić information content (AvgIpc) is 2.41. The van der Waals surface area contributed by atoms with Gasteiger partial charge in [-0.05, 0) is 12.1 Å². The van der Waals surface area contributed by atoms with Gasteiger partial charge < -0.3 is 20.7 Å². The van der Waals surface area contributed by atoms with E-state index < -0.39 is 0 Å². The monoisotopic (exact) mass is 299 g/mol. The van der Waals surface area contributed by atoms with E-state index in [9.17, 15) is 9.59 Å². The van der Waals surface area contributed by atoms with Gasteiger partial charge in [-0.2, -0.15) is 0 Å². The molecule has 2 amide bonds. The Balaban J connectivity index is 2.63. The Kier molecular flexibility index (Phi) is 6.27. The number of methoxy groups -OCH3 is 1. The van der Waals surface area contributed by atoms with Gasteiger partial charge in [-0.1, -0.05) is 17.7 Å². The highest BCUT2D eigenvalue weighted by Crippen LogP contribution is 2.23. The van der Waals surface area contributed by atoms with E-state index in [-0.39, 0.29) is 29.6 Å². The van der Waals surface area contributed by atoms with Crippen molar-refractivity contribution in [3.05, 3.63) is 28.8 Å². The molecule has 110 valence electrons. The lowest BCUT2D eigenvalue weighted by molar-refractivity contribution is -0.121. The third-order valence-electron chi connectivity index (χ3n) is 2.64. The Morgan fingerprint density at radius 1 is 1.45 bits per heavy atom. The second kappa shape index (κ2) is 7.72. The number of nitrogen functional groups attached to an aromatic ring is 1. The standard InChI is InChI=1S/C13H18ClN3O3/c1-17(8-11(18)16-6-7-20-2)13(19)9-4-3-5-10(14)12(9)15/h3-5H,6-8,15H2,1-2H3,(H,16,18). The lowest BCUT2D eigenvalue weighted by Crippen LogP contribution is -2.39. The minimum Gasteiger partial charge on any atom is -0.397 e. The van der Waals surface area contributed by atoms with E-state index in [0.717, 1.165) is 0 Å². The number of amides is 2. The molecule has 1 rings (SSSR count). The Morgan fingerprint density at radius 2 is 2.15 bits per heavy atom. The number of nitrogens with two attached hydrogens (primary N) is 1. The summed E-state index contributed by atoms with van der Waals surface area (Å²) in [4.78, 5) is 25.0. The first-order valence-corrected chi connectivity index (χ1v) is 6.40. The lowest BCUT2D eigenvalue weighted by atomic mass is 10.1. The number of ether oxygens (including phenoxy) is 1. The summed E-state index contributed by atoms with van der Waals surface area (Å²) in [5.74, 6) is -0.620. The number of anilines is 1. The summed E-state index contributed by atoms with van der Waals surface area (Å²) in [5.41, 5.74) is 6.25. The van der Waals surface area contributed by atoms with Crippen LogP contribution in [0.1, 0.15) is 10.4 Å². The Hall–Kier alpha value is -1.79.